The lowest BCUT2D eigenvalue weighted by Gasteiger charge is -2.08. The highest BCUT2D eigenvalue weighted by molar-refractivity contribution is 6.33. The van der Waals surface area contributed by atoms with E-state index in [9.17, 15) is 10.1 Å². The molecule has 0 bridgehead atoms. The lowest BCUT2D eigenvalue weighted by atomic mass is 10.0. The number of H-pyrrole nitrogens is 1. The van der Waals surface area contributed by atoms with Crippen LogP contribution in [-0.4, -0.2) is 9.38 Å². The van der Waals surface area contributed by atoms with Gasteiger partial charge in [-0.25, -0.2) is 4.40 Å². The maximum Gasteiger partial charge on any atom is 0.262 e. The molecule has 5 heteroatoms. The van der Waals surface area contributed by atoms with Crippen molar-refractivity contribution >= 4 is 17.2 Å². The number of hydrogen-bond donors (Lipinski definition) is 1. The summed E-state index contributed by atoms with van der Waals surface area (Å²) in [5, 5.41) is 10.0. The summed E-state index contributed by atoms with van der Waals surface area (Å²) >= 11 is 6.56. The molecule has 0 spiro atoms. The predicted molar refractivity (Wildman–Crippen MR) is 108 cm³/mol. The number of hydrogen-bond acceptors (Lipinski definition) is 2. The third-order valence-electron chi connectivity index (χ3n) is 4.77. The highest BCUT2D eigenvalue weighted by atomic mass is 35.5. The molecular formula is C22H16ClN3O. The number of nitrogens with zero attached hydrogens (tertiary/aromatic N) is 2. The van der Waals surface area contributed by atoms with Crippen LogP contribution in [0.5, 0.6) is 0 Å². The second-order valence-corrected chi connectivity index (χ2v) is 6.86. The number of halogens is 1. The Labute approximate surface area is 161 Å². The first-order valence-corrected chi connectivity index (χ1v) is 8.90. The van der Waals surface area contributed by atoms with Gasteiger partial charge in [0.2, 0.25) is 0 Å². The molecule has 1 N–H and O–H groups in total. The molecular weight excluding hydrogens is 358 g/mol. The topological polar surface area (TPSA) is 61.1 Å². The molecule has 0 aliphatic heterocycles. The van der Waals surface area contributed by atoms with E-state index in [1.165, 1.54) is 4.40 Å². The fourth-order valence-corrected chi connectivity index (χ4v) is 3.69. The molecule has 4 nitrogen and oxygen atoms in total. The zero-order chi connectivity index (χ0) is 19.1. The number of fused-ring (bicyclic) bond motifs is 1. The Morgan fingerprint density at radius 3 is 2.30 bits per heavy atom. The molecule has 0 atom stereocenters. The van der Waals surface area contributed by atoms with Crippen LogP contribution in [0.15, 0.2) is 59.4 Å². The summed E-state index contributed by atoms with van der Waals surface area (Å²) in [6, 6.07) is 19.5. The normalized spacial score (nSPS) is 10.9. The molecule has 0 fully saturated rings. The number of aryl methyl sites for hydroxylation is 1. The smallest absolute Gasteiger partial charge is 0.262 e. The number of aromatic nitrogens is 2. The van der Waals surface area contributed by atoms with Crippen LogP contribution in [0.4, 0.5) is 0 Å². The first-order valence-electron chi connectivity index (χ1n) is 8.52. The number of nitrogens with one attached hydrogen (secondary N) is 1. The van der Waals surface area contributed by atoms with Gasteiger partial charge in [-0.2, -0.15) is 5.26 Å². The molecule has 0 aliphatic rings. The predicted octanol–water partition coefficient (Wildman–Crippen LogP) is 5.10. The highest BCUT2D eigenvalue weighted by Gasteiger charge is 2.23. The third kappa shape index (κ3) is 2.64. The Bertz CT molecular complexity index is 1260. The van der Waals surface area contributed by atoms with Gasteiger partial charge in [-0.05, 0) is 25.0 Å². The molecule has 27 heavy (non-hydrogen) atoms. The van der Waals surface area contributed by atoms with Crippen molar-refractivity contribution in [3.8, 4) is 28.5 Å². The van der Waals surface area contributed by atoms with Crippen LogP contribution >= 0.6 is 11.6 Å². The van der Waals surface area contributed by atoms with Gasteiger partial charge in [0, 0.05) is 11.1 Å². The van der Waals surface area contributed by atoms with Crippen LogP contribution in [0.1, 0.15) is 16.7 Å². The van der Waals surface area contributed by atoms with Crippen molar-refractivity contribution in [2.45, 2.75) is 13.8 Å². The molecule has 0 radical (unpaired) electrons. The third-order valence-corrected chi connectivity index (χ3v) is 5.13. The Morgan fingerprint density at radius 1 is 1.00 bits per heavy atom. The van der Waals surface area contributed by atoms with Crippen LogP contribution in [0, 0.1) is 25.2 Å². The van der Waals surface area contributed by atoms with Gasteiger partial charge < -0.3 is 4.98 Å². The van der Waals surface area contributed by atoms with Gasteiger partial charge in [0.25, 0.3) is 5.56 Å². The van der Waals surface area contributed by atoms with Gasteiger partial charge in [0.1, 0.15) is 22.4 Å². The number of rotatable bonds is 2. The molecule has 0 saturated carbocycles. The van der Waals surface area contributed by atoms with Crippen molar-refractivity contribution in [2.24, 2.45) is 0 Å². The first kappa shape index (κ1) is 17.1. The van der Waals surface area contributed by atoms with Gasteiger partial charge in [-0.1, -0.05) is 71.8 Å². The van der Waals surface area contributed by atoms with Crippen LogP contribution in [0.3, 0.4) is 0 Å². The van der Waals surface area contributed by atoms with E-state index in [0.717, 1.165) is 16.7 Å². The van der Waals surface area contributed by atoms with E-state index in [-0.39, 0.29) is 10.7 Å². The van der Waals surface area contributed by atoms with Gasteiger partial charge in [0.15, 0.2) is 0 Å². The summed E-state index contributed by atoms with van der Waals surface area (Å²) < 4.78 is 1.38. The molecule has 2 heterocycles. The summed E-state index contributed by atoms with van der Waals surface area (Å²) in [6.45, 7) is 3.77. The molecule has 132 valence electrons. The van der Waals surface area contributed by atoms with Crippen LogP contribution in [-0.2, 0) is 0 Å². The molecule has 0 unspecified atom stereocenters. The largest absolute Gasteiger partial charge is 0.339 e. The molecule has 2 aromatic carbocycles. The quantitative estimate of drug-likeness (QED) is 0.531. The molecule has 4 rings (SSSR count). The van der Waals surface area contributed by atoms with Gasteiger partial charge >= 0.3 is 0 Å². The fraction of sp³-hybridized carbons (Fsp3) is 0.0909. The molecule has 0 amide bonds. The van der Waals surface area contributed by atoms with Crippen LogP contribution in [0.2, 0.25) is 5.15 Å². The van der Waals surface area contributed by atoms with E-state index in [4.69, 9.17) is 11.6 Å². The Morgan fingerprint density at radius 2 is 1.67 bits per heavy atom. The summed E-state index contributed by atoms with van der Waals surface area (Å²) in [5.74, 6) is 0. The van der Waals surface area contributed by atoms with Crippen LogP contribution < -0.4 is 5.56 Å². The minimum absolute atomic E-state index is 0.233. The minimum atomic E-state index is -0.233. The van der Waals surface area contributed by atoms with Crippen molar-refractivity contribution in [1.29, 1.82) is 5.26 Å². The molecule has 0 saturated heterocycles. The minimum Gasteiger partial charge on any atom is -0.339 e. The van der Waals surface area contributed by atoms with Gasteiger partial charge in [-0.3, -0.25) is 4.79 Å². The van der Waals surface area contributed by atoms with E-state index in [2.05, 4.69) is 11.1 Å². The van der Waals surface area contributed by atoms with E-state index in [1.54, 1.807) is 6.92 Å². The summed E-state index contributed by atoms with van der Waals surface area (Å²) in [5.41, 5.74) is 5.16. The van der Waals surface area contributed by atoms with Crippen molar-refractivity contribution in [3.63, 3.8) is 0 Å². The maximum atomic E-state index is 13.1. The average Bonchev–Trinajstić information content (AvgIpc) is 2.97. The summed E-state index contributed by atoms with van der Waals surface area (Å²) in [6.07, 6.45) is 0. The van der Waals surface area contributed by atoms with E-state index >= 15 is 0 Å². The van der Waals surface area contributed by atoms with Crippen molar-refractivity contribution in [2.75, 3.05) is 0 Å². The Kier molecular flexibility index (Phi) is 4.10. The zero-order valence-electron chi connectivity index (χ0n) is 14.9. The van der Waals surface area contributed by atoms with Gasteiger partial charge in [0.05, 0.1) is 5.69 Å². The monoisotopic (exact) mass is 373 g/mol. The maximum absolute atomic E-state index is 13.1. The summed E-state index contributed by atoms with van der Waals surface area (Å²) in [7, 11) is 0. The molecule has 2 aromatic heterocycles. The van der Waals surface area contributed by atoms with Crippen molar-refractivity contribution in [3.05, 3.63) is 86.8 Å². The Hall–Kier alpha value is -3.29. The fourth-order valence-electron chi connectivity index (χ4n) is 3.33. The van der Waals surface area contributed by atoms with Crippen molar-refractivity contribution < 1.29 is 0 Å². The van der Waals surface area contributed by atoms with E-state index < -0.39 is 0 Å². The Balaban J connectivity index is 2.10. The molecule has 4 aromatic rings. The number of nitriles is 1. The lowest BCUT2D eigenvalue weighted by molar-refractivity contribution is 1.04. The van der Waals surface area contributed by atoms with Crippen LogP contribution in [0.25, 0.3) is 28.0 Å². The zero-order valence-corrected chi connectivity index (χ0v) is 15.6. The first-order chi connectivity index (χ1) is 13.0. The van der Waals surface area contributed by atoms with Crippen molar-refractivity contribution in [1.82, 2.24) is 9.38 Å². The highest BCUT2D eigenvalue weighted by Crippen LogP contribution is 2.35. The van der Waals surface area contributed by atoms with Gasteiger partial charge in [-0.15, -0.1) is 0 Å². The SMILES string of the molecule is Cc1ccc(-c2[nH]c3c(C#N)c(-c4ccccc4)c(Cl)n3c(=O)c2C)cc1. The lowest BCUT2D eigenvalue weighted by Crippen LogP contribution is -2.18. The summed E-state index contributed by atoms with van der Waals surface area (Å²) in [4.78, 5) is 16.4. The average molecular weight is 374 g/mol. The number of aromatic amines is 1. The second kappa shape index (κ2) is 6.46. The second-order valence-electron chi connectivity index (χ2n) is 6.50. The van der Waals surface area contributed by atoms with E-state index in [1.807, 2.05) is 61.5 Å². The van der Waals surface area contributed by atoms with E-state index in [0.29, 0.717) is 28.0 Å². The molecule has 0 aliphatic carbocycles. The standard InChI is InChI=1S/C22H16ClN3O/c1-13-8-10-16(11-9-13)19-14(2)22(27)26-20(23)18(15-6-4-3-5-7-15)17(12-24)21(26)25-19/h3-11,25H,1-2H3. The number of benzene rings is 2.